The van der Waals surface area contributed by atoms with Crippen molar-refractivity contribution in [2.75, 3.05) is 5.32 Å². The van der Waals surface area contributed by atoms with E-state index in [2.05, 4.69) is 10.3 Å². The van der Waals surface area contributed by atoms with Gasteiger partial charge in [-0.1, -0.05) is 71.7 Å². The largest absolute Gasteiger partial charge is 0.449 e. The zero-order valence-electron chi connectivity index (χ0n) is 14.9. The quantitative estimate of drug-likeness (QED) is 0.457. The summed E-state index contributed by atoms with van der Waals surface area (Å²) in [6.45, 7) is 1.49. The number of benzene rings is 2. The Bertz CT molecular complexity index is 1010. The Morgan fingerprint density at radius 3 is 2.43 bits per heavy atom. The van der Waals surface area contributed by atoms with Gasteiger partial charge in [0.2, 0.25) is 0 Å². The molecule has 0 aliphatic carbocycles. The zero-order chi connectivity index (χ0) is 20.1. The van der Waals surface area contributed by atoms with Crippen LogP contribution in [0.3, 0.4) is 0 Å². The van der Waals surface area contributed by atoms with Crippen molar-refractivity contribution in [1.82, 2.24) is 4.98 Å². The van der Waals surface area contributed by atoms with E-state index in [4.69, 9.17) is 27.9 Å². The van der Waals surface area contributed by atoms with Gasteiger partial charge in [-0.05, 0) is 24.6 Å². The maximum Gasteiger partial charge on any atom is 0.340 e. The highest BCUT2D eigenvalue weighted by molar-refractivity contribution is 6.41. The van der Waals surface area contributed by atoms with Crippen molar-refractivity contribution in [1.29, 1.82) is 0 Å². The standard InChI is InChI=1S/C21H16Cl2N2O3/c1-13(28-21(27)15-11-17(22)19(23)24-12-15)20(26)25-18-10-6-5-9-16(18)14-7-3-2-4-8-14/h2-13H,1H3,(H,25,26)/t13-/m1/s1. The molecule has 1 aromatic heterocycles. The molecular weight excluding hydrogens is 399 g/mol. The van der Waals surface area contributed by atoms with Gasteiger partial charge in [-0.25, -0.2) is 9.78 Å². The zero-order valence-corrected chi connectivity index (χ0v) is 16.4. The van der Waals surface area contributed by atoms with E-state index in [1.165, 1.54) is 19.2 Å². The summed E-state index contributed by atoms with van der Waals surface area (Å²) in [6.07, 6.45) is 0.220. The highest BCUT2D eigenvalue weighted by atomic mass is 35.5. The summed E-state index contributed by atoms with van der Waals surface area (Å²) in [6, 6.07) is 18.4. The van der Waals surface area contributed by atoms with Crippen molar-refractivity contribution in [3.8, 4) is 11.1 Å². The molecule has 3 rings (SSSR count). The van der Waals surface area contributed by atoms with Crippen LogP contribution in [0.2, 0.25) is 10.2 Å². The van der Waals surface area contributed by atoms with E-state index >= 15 is 0 Å². The minimum Gasteiger partial charge on any atom is -0.449 e. The Hall–Kier alpha value is -2.89. The molecule has 7 heteroatoms. The van der Waals surface area contributed by atoms with E-state index in [9.17, 15) is 9.59 Å². The average Bonchev–Trinajstić information content (AvgIpc) is 2.71. The monoisotopic (exact) mass is 414 g/mol. The first-order valence-electron chi connectivity index (χ1n) is 8.43. The van der Waals surface area contributed by atoms with Crippen molar-refractivity contribution >= 4 is 40.8 Å². The van der Waals surface area contributed by atoms with E-state index in [1.54, 1.807) is 6.07 Å². The van der Waals surface area contributed by atoms with Gasteiger partial charge in [0.05, 0.1) is 10.6 Å². The minimum absolute atomic E-state index is 0.0847. The predicted molar refractivity (Wildman–Crippen MR) is 110 cm³/mol. The Labute approximate surface area is 172 Å². The normalized spacial score (nSPS) is 11.5. The fourth-order valence-corrected chi connectivity index (χ4v) is 2.78. The van der Waals surface area contributed by atoms with Crippen LogP contribution in [0.5, 0.6) is 0 Å². The van der Waals surface area contributed by atoms with Gasteiger partial charge in [0, 0.05) is 17.4 Å². The lowest BCUT2D eigenvalue weighted by atomic mass is 10.0. The fourth-order valence-electron chi connectivity index (χ4n) is 2.51. The number of hydrogen-bond acceptors (Lipinski definition) is 4. The number of nitrogens with zero attached hydrogens (tertiary/aromatic N) is 1. The summed E-state index contributed by atoms with van der Waals surface area (Å²) in [5, 5.41) is 3.02. The number of anilines is 1. The highest BCUT2D eigenvalue weighted by Gasteiger charge is 2.21. The number of amides is 1. The van der Waals surface area contributed by atoms with Crippen molar-refractivity contribution in [3.63, 3.8) is 0 Å². The van der Waals surface area contributed by atoms with Gasteiger partial charge in [0.25, 0.3) is 5.91 Å². The van der Waals surface area contributed by atoms with Crippen LogP contribution in [0.15, 0.2) is 66.9 Å². The number of rotatable bonds is 5. The SMILES string of the molecule is C[C@@H](OC(=O)c1cnc(Cl)c(Cl)c1)C(=O)Nc1ccccc1-c1ccccc1. The molecule has 28 heavy (non-hydrogen) atoms. The molecule has 0 spiro atoms. The van der Waals surface area contributed by atoms with Gasteiger partial charge >= 0.3 is 5.97 Å². The second-order valence-corrected chi connectivity index (χ2v) is 6.71. The van der Waals surface area contributed by atoms with Crippen LogP contribution in [0.4, 0.5) is 5.69 Å². The second-order valence-electron chi connectivity index (χ2n) is 5.95. The molecule has 0 radical (unpaired) electrons. The molecule has 1 N–H and O–H groups in total. The fraction of sp³-hybridized carbons (Fsp3) is 0.0952. The molecule has 142 valence electrons. The Morgan fingerprint density at radius 2 is 1.71 bits per heavy atom. The van der Waals surface area contributed by atoms with Gasteiger partial charge in [-0.15, -0.1) is 0 Å². The maximum atomic E-state index is 12.5. The molecule has 0 bridgehead atoms. The first kappa shape index (κ1) is 19.9. The van der Waals surface area contributed by atoms with E-state index < -0.39 is 18.0 Å². The first-order chi connectivity index (χ1) is 13.5. The predicted octanol–water partition coefficient (Wildman–Crippen LogP) is 5.24. The molecule has 5 nitrogen and oxygen atoms in total. The van der Waals surface area contributed by atoms with Gasteiger partial charge in [-0.2, -0.15) is 0 Å². The van der Waals surface area contributed by atoms with E-state index in [-0.39, 0.29) is 15.7 Å². The topological polar surface area (TPSA) is 68.3 Å². The third kappa shape index (κ3) is 4.68. The van der Waals surface area contributed by atoms with Crippen LogP contribution >= 0.6 is 23.2 Å². The van der Waals surface area contributed by atoms with Crippen LogP contribution in [0, 0.1) is 0 Å². The highest BCUT2D eigenvalue weighted by Crippen LogP contribution is 2.27. The molecule has 0 saturated heterocycles. The molecule has 0 aliphatic heterocycles. The molecule has 0 saturated carbocycles. The van der Waals surface area contributed by atoms with Crippen LogP contribution < -0.4 is 5.32 Å². The molecule has 0 aliphatic rings. The lowest BCUT2D eigenvalue weighted by molar-refractivity contribution is -0.123. The molecular formula is C21H16Cl2N2O3. The number of hydrogen-bond donors (Lipinski definition) is 1. The van der Waals surface area contributed by atoms with Gasteiger partial charge < -0.3 is 10.1 Å². The van der Waals surface area contributed by atoms with Crippen molar-refractivity contribution in [2.45, 2.75) is 13.0 Å². The Morgan fingerprint density at radius 1 is 1.04 bits per heavy atom. The van der Waals surface area contributed by atoms with Gasteiger partial charge in [0.15, 0.2) is 6.10 Å². The van der Waals surface area contributed by atoms with Crippen LogP contribution in [-0.4, -0.2) is 23.0 Å². The lowest BCUT2D eigenvalue weighted by Gasteiger charge is -2.16. The minimum atomic E-state index is -1.02. The van der Waals surface area contributed by atoms with E-state index in [0.717, 1.165) is 11.1 Å². The number of nitrogens with one attached hydrogen (secondary N) is 1. The number of carbonyl (C=O) groups excluding carboxylic acids is 2. The van der Waals surface area contributed by atoms with Gasteiger partial charge in [0.1, 0.15) is 5.15 Å². The number of halogens is 2. The number of para-hydroxylation sites is 1. The molecule has 2 aromatic carbocycles. The second kappa shape index (κ2) is 8.87. The maximum absolute atomic E-state index is 12.5. The van der Waals surface area contributed by atoms with Crippen LogP contribution in [0.25, 0.3) is 11.1 Å². The van der Waals surface area contributed by atoms with Crippen LogP contribution in [0.1, 0.15) is 17.3 Å². The van der Waals surface area contributed by atoms with Crippen molar-refractivity contribution in [2.24, 2.45) is 0 Å². The molecule has 3 aromatic rings. The van der Waals surface area contributed by atoms with Crippen molar-refractivity contribution < 1.29 is 14.3 Å². The Kier molecular flexibility index (Phi) is 6.29. The lowest BCUT2D eigenvalue weighted by Crippen LogP contribution is -2.30. The Balaban J connectivity index is 1.71. The van der Waals surface area contributed by atoms with Crippen LogP contribution in [-0.2, 0) is 9.53 Å². The summed E-state index contributed by atoms with van der Waals surface area (Å²) >= 11 is 11.6. The van der Waals surface area contributed by atoms with Crippen molar-refractivity contribution in [3.05, 3.63) is 82.6 Å². The number of esters is 1. The smallest absolute Gasteiger partial charge is 0.340 e. The van der Waals surface area contributed by atoms with E-state index in [0.29, 0.717) is 5.69 Å². The summed E-state index contributed by atoms with van der Waals surface area (Å²) in [7, 11) is 0. The molecule has 0 unspecified atom stereocenters. The first-order valence-corrected chi connectivity index (χ1v) is 9.18. The number of pyridine rings is 1. The number of carbonyl (C=O) groups is 2. The van der Waals surface area contributed by atoms with E-state index in [1.807, 2.05) is 48.5 Å². The molecule has 1 amide bonds. The summed E-state index contributed by atoms with van der Waals surface area (Å²) in [5.74, 6) is -1.17. The molecule has 1 heterocycles. The number of aromatic nitrogens is 1. The third-order valence-electron chi connectivity index (χ3n) is 3.95. The summed E-state index contributed by atoms with van der Waals surface area (Å²) < 4.78 is 5.22. The van der Waals surface area contributed by atoms with Gasteiger partial charge in [-0.3, -0.25) is 4.79 Å². The molecule has 0 fully saturated rings. The average molecular weight is 415 g/mol. The summed E-state index contributed by atoms with van der Waals surface area (Å²) in [5.41, 5.74) is 2.56. The molecule has 1 atom stereocenters. The number of ether oxygens (including phenoxy) is 1. The third-order valence-corrected chi connectivity index (χ3v) is 4.64. The summed E-state index contributed by atoms with van der Waals surface area (Å²) in [4.78, 5) is 28.5.